The van der Waals surface area contributed by atoms with Crippen LogP contribution in [0.2, 0.25) is 5.02 Å². The van der Waals surface area contributed by atoms with Gasteiger partial charge in [-0.05, 0) is 30.5 Å². The Morgan fingerprint density at radius 3 is 2.84 bits per heavy atom. The average molecular weight is 279 g/mol. The summed E-state index contributed by atoms with van der Waals surface area (Å²) in [6, 6.07) is 5.36. The molecule has 0 atom stereocenters. The van der Waals surface area contributed by atoms with Gasteiger partial charge in [-0.1, -0.05) is 31.5 Å². The lowest BCUT2D eigenvalue weighted by atomic mass is 10.1. The Bertz CT molecular complexity index is 605. The number of anilines is 1. The molecule has 0 bridgehead atoms. The topological polar surface area (TPSA) is 55.1 Å². The molecule has 0 aliphatic rings. The molecule has 1 N–H and O–H groups in total. The van der Waals surface area contributed by atoms with Crippen molar-refractivity contribution in [1.29, 1.82) is 0 Å². The molecule has 5 heteroatoms. The van der Waals surface area contributed by atoms with Crippen molar-refractivity contribution in [2.45, 2.75) is 26.7 Å². The molecule has 0 spiro atoms. The van der Waals surface area contributed by atoms with Crippen molar-refractivity contribution in [3.63, 3.8) is 0 Å². The van der Waals surface area contributed by atoms with Crippen molar-refractivity contribution in [1.82, 2.24) is 4.98 Å². The van der Waals surface area contributed by atoms with Crippen molar-refractivity contribution >= 4 is 23.2 Å². The van der Waals surface area contributed by atoms with E-state index in [9.17, 15) is 4.79 Å². The number of hydrogen-bond acceptors (Lipinski definition) is 3. The first kappa shape index (κ1) is 13.6. The number of aromatic nitrogens is 1. The van der Waals surface area contributed by atoms with E-state index in [1.807, 2.05) is 20.8 Å². The van der Waals surface area contributed by atoms with Crippen molar-refractivity contribution in [2.75, 3.05) is 5.32 Å². The molecule has 1 aromatic carbocycles. The minimum atomic E-state index is -0.313. The fourth-order valence-electron chi connectivity index (χ4n) is 1.76. The van der Waals surface area contributed by atoms with Gasteiger partial charge in [-0.25, -0.2) is 4.98 Å². The Hall–Kier alpha value is -1.81. The van der Waals surface area contributed by atoms with Crippen LogP contribution < -0.4 is 5.32 Å². The number of amides is 1. The van der Waals surface area contributed by atoms with Crippen molar-refractivity contribution < 1.29 is 9.21 Å². The molecule has 100 valence electrons. The summed E-state index contributed by atoms with van der Waals surface area (Å²) in [6.45, 7) is 5.76. The summed E-state index contributed by atoms with van der Waals surface area (Å²) in [7, 11) is 0. The average Bonchev–Trinajstić information content (AvgIpc) is 2.84. The summed E-state index contributed by atoms with van der Waals surface area (Å²) in [4.78, 5) is 16.2. The summed E-state index contributed by atoms with van der Waals surface area (Å²) in [6.07, 6.45) is 1.29. The summed E-state index contributed by atoms with van der Waals surface area (Å²) in [5.41, 5.74) is 2.14. The zero-order valence-corrected chi connectivity index (χ0v) is 11.8. The first-order valence-corrected chi connectivity index (χ1v) is 6.38. The van der Waals surface area contributed by atoms with Crippen LogP contribution in [-0.4, -0.2) is 10.9 Å². The maximum Gasteiger partial charge on any atom is 0.293 e. The fourth-order valence-corrected chi connectivity index (χ4v) is 1.93. The van der Waals surface area contributed by atoms with Crippen LogP contribution in [-0.2, 0) is 0 Å². The van der Waals surface area contributed by atoms with Crippen LogP contribution >= 0.6 is 11.6 Å². The van der Waals surface area contributed by atoms with Gasteiger partial charge in [-0.2, -0.15) is 0 Å². The Kier molecular flexibility index (Phi) is 3.90. The molecule has 1 heterocycles. The summed E-state index contributed by atoms with van der Waals surface area (Å²) >= 11 is 6.02. The lowest BCUT2D eigenvalue weighted by Crippen LogP contribution is -2.14. The summed E-state index contributed by atoms with van der Waals surface area (Å²) in [5.74, 6) is 0.0564. The zero-order valence-electron chi connectivity index (χ0n) is 11.0. The molecule has 1 amide bonds. The van der Waals surface area contributed by atoms with E-state index < -0.39 is 0 Å². The molecular weight excluding hydrogens is 264 g/mol. The van der Waals surface area contributed by atoms with E-state index in [-0.39, 0.29) is 17.6 Å². The Morgan fingerprint density at radius 2 is 2.16 bits per heavy atom. The number of oxazole rings is 1. The van der Waals surface area contributed by atoms with E-state index in [1.54, 1.807) is 18.2 Å². The Morgan fingerprint density at radius 1 is 1.42 bits per heavy atom. The number of rotatable bonds is 3. The molecule has 4 nitrogen and oxygen atoms in total. The number of carbonyl (C=O) groups is 1. The molecule has 0 aliphatic heterocycles. The van der Waals surface area contributed by atoms with Gasteiger partial charge < -0.3 is 9.73 Å². The standard InChI is InChI=1S/C14H15ClN2O2/c1-8(2)12-13(19-7-16-12)14(18)17-11-6-4-5-10(15)9(11)3/h4-8H,1-3H3,(H,17,18). The van der Waals surface area contributed by atoms with Gasteiger partial charge >= 0.3 is 0 Å². The highest BCUT2D eigenvalue weighted by Gasteiger charge is 2.20. The first-order valence-electron chi connectivity index (χ1n) is 6.00. The van der Waals surface area contributed by atoms with Gasteiger partial charge in [0.2, 0.25) is 5.76 Å². The van der Waals surface area contributed by atoms with Gasteiger partial charge in [-0.3, -0.25) is 4.79 Å². The highest BCUT2D eigenvalue weighted by atomic mass is 35.5. The zero-order chi connectivity index (χ0) is 14.0. The first-order chi connectivity index (χ1) is 9.00. The van der Waals surface area contributed by atoms with E-state index in [0.717, 1.165) is 5.56 Å². The molecule has 0 saturated heterocycles. The van der Waals surface area contributed by atoms with Gasteiger partial charge in [0, 0.05) is 10.7 Å². The molecule has 0 aliphatic carbocycles. The van der Waals surface area contributed by atoms with Gasteiger partial charge in [0.15, 0.2) is 6.39 Å². The van der Waals surface area contributed by atoms with Crippen molar-refractivity contribution in [3.8, 4) is 0 Å². The third-order valence-electron chi connectivity index (χ3n) is 2.86. The fraction of sp³-hybridized carbons (Fsp3) is 0.286. The number of hydrogen-bond donors (Lipinski definition) is 1. The number of nitrogens with one attached hydrogen (secondary N) is 1. The highest BCUT2D eigenvalue weighted by Crippen LogP contribution is 2.24. The van der Waals surface area contributed by atoms with Crippen LogP contribution in [0, 0.1) is 6.92 Å². The van der Waals surface area contributed by atoms with E-state index in [4.69, 9.17) is 16.0 Å². The van der Waals surface area contributed by atoms with E-state index in [1.165, 1.54) is 6.39 Å². The predicted octanol–water partition coefficient (Wildman–Crippen LogP) is 4.01. The SMILES string of the molecule is Cc1c(Cl)cccc1NC(=O)c1ocnc1C(C)C. The molecule has 0 saturated carbocycles. The van der Waals surface area contributed by atoms with E-state index in [2.05, 4.69) is 10.3 Å². The van der Waals surface area contributed by atoms with Crippen molar-refractivity contribution in [2.24, 2.45) is 0 Å². The molecule has 19 heavy (non-hydrogen) atoms. The van der Waals surface area contributed by atoms with Crippen molar-refractivity contribution in [3.05, 3.63) is 46.6 Å². The lowest BCUT2D eigenvalue weighted by molar-refractivity contribution is 0.0995. The highest BCUT2D eigenvalue weighted by molar-refractivity contribution is 6.31. The third-order valence-corrected chi connectivity index (χ3v) is 3.27. The second-order valence-corrected chi connectivity index (χ2v) is 5.00. The van der Waals surface area contributed by atoms with E-state index in [0.29, 0.717) is 16.4 Å². The lowest BCUT2D eigenvalue weighted by Gasteiger charge is -2.09. The maximum absolute atomic E-state index is 12.2. The molecule has 0 fully saturated rings. The summed E-state index contributed by atoms with van der Waals surface area (Å²) < 4.78 is 5.17. The molecular formula is C14H15ClN2O2. The van der Waals surface area contributed by atoms with Gasteiger partial charge in [0.25, 0.3) is 5.91 Å². The quantitative estimate of drug-likeness (QED) is 0.923. The minimum Gasteiger partial charge on any atom is -0.438 e. The Balaban J connectivity index is 2.26. The normalized spacial score (nSPS) is 10.8. The largest absolute Gasteiger partial charge is 0.438 e. The monoisotopic (exact) mass is 278 g/mol. The molecule has 0 unspecified atom stereocenters. The van der Waals surface area contributed by atoms with Gasteiger partial charge in [0.05, 0.1) is 5.69 Å². The van der Waals surface area contributed by atoms with Crippen LogP contribution in [0.3, 0.4) is 0 Å². The van der Waals surface area contributed by atoms with Crippen LogP contribution in [0.25, 0.3) is 0 Å². The second kappa shape index (κ2) is 5.45. The smallest absolute Gasteiger partial charge is 0.293 e. The number of nitrogens with zero attached hydrogens (tertiary/aromatic N) is 1. The maximum atomic E-state index is 12.2. The van der Waals surface area contributed by atoms with Crippen LogP contribution in [0.4, 0.5) is 5.69 Å². The van der Waals surface area contributed by atoms with E-state index >= 15 is 0 Å². The molecule has 1 aromatic heterocycles. The number of carbonyl (C=O) groups excluding carboxylic acids is 1. The molecule has 2 aromatic rings. The third kappa shape index (κ3) is 2.79. The molecule has 0 radical (unpaired) electrons. The Labute approximate surface area is 116 Å². The van der Waals surface area contributed by atoms with Gasteiger partial charge in [-0.15, -0.1) is 0 Å². The molecule has 2 rings (SSSR count). The van der Waals surface area contributed by atoms with Crippen LogP contribution in [0.1, 0.15) is 41.6 Å². The second-order valence-electron chi connectivity index (χ2n) is 4.59. The minimum absolute atomic E-state index is 0.125. The predicted molar refractivity (Wildman–Crippen MR) is 74.7 cm³/mol. The van der Waals surface area contributed by atoms with Gasteiger partial charge in [0.1, 0.15) is 0 Å². The number of halogens is 1. The summed E-state index contributed by atoms with van der Waals surface area (Å²) in [5, 5.41) is 3.40. The number of benzene rings is 1. The van der Waals surface area contributed by atoms with Crippen LogP contribution in [0.5, 0.6) is 0 Å². The van der Waals surface area contributed by atoms with Crippen LogP contribution in [0.15, 0.2) is 29.0 Å².